The number of nitrogens with one attached hydrogen (secondary N) is 2. The molecule has 0 bridgehead atoms. The number of nitrogens with zero attached hydrogens (tertiary/aromatic N) is 1. The minimum Gasteiger partial charge on any atom is -0.497 e. The van der Waals surface area contributed by atoms with Gasteiger partial charge in [-0.1, -0.05) is 19.1 Å². The van der Waals surface area contributed by atoms with Gasteiger partial charge in [0.2, 0.25) is 0 Å². The molecule has 1 unspecified atom stereocenters. The van der Waals surface area contributed by atoms with Crippen LogP contribution in [0.4, 0.5) is 0 Å². The van der Waals surface area contributed by atoms with E-state index >= 15 is 0 Å². The molecule has 1 fully saturated rings. The summed E-state index contributed by atoms with van der Waals surface area (Å²) in [5.74, 6) is 2.18. The topological polar surface area (TPSA) is 54.9 Å². The molecule has 160 valence electrons. The van der Waals surface area contributed by atoms with E-state index in [1.165, 1.54) is 11.1 Å². The Kier molecular flexibility index (Phi) is 9.71. The first kappa shape index (κ1) is 24.0. The van der Waals surface area contributed by atoms with Crippen molar-refractivity contribution in [2.45, 2.75) is 31.1 Å². The third-order valence-electron chi connectivity index (χ3n) is 5.66. The van der Waals surface area contributed by atoms with Gasteiger partial charge in [-0.3, -0.25) is 4.99 Å². The van der Waals surface area contributed by atoms with Crippen LogP contribution < -0.4 is 15.4 Å². The molecule has 2 aromatic rings. The Bertz CT molecular complexity index is 744. The van der Waals surface area contributed by atoms with Gasteiger partial charge in [-0.15, -0.1) is 24.0 Å². The highest BCUT2D eigenvalue weighted by atomic mass is 127. The van der Waals surface area contributed by atoms with Gasteiger partial charge in [0.15, 0.2) is 5.96 Å². The third-order valence-corrected chi connectivity index (χ3v) is 6.36. The Morgan fingerprint density at radius 3 is 2.52 bits per heavy atom. The first-order valence-electron chi connectivity index (χ1n) is 9.86. The number of rotatable bonds is 7. The van der Waals surface area contributed by atoms with Gasteiger partial charge in [-0.05, 0) is 58.8 Å². The number of halogens is 1. The van der Waals surface area contributed by atoms with Crippen LogP contribution in [-0.2, 0) is 10.2 Å². The van der Waals surface area contributed by atoms with E-state index in [2.05, 4.69) is 51.5 Å². The lowest BCUT2D eigenvalue weighted by atomic mass is 9.74. The average molecular weight is 529 g/mol. The fraction of sp³-hybridized carbons (Fsp3) is 0.500. The second-order valence-electron chi connectivity index (χ2n) is 7.39. The lowest BCUT2D eigenvalue weighted by Gasteiger charge is -2.38. The molecule has 7 heteroatoms. The standard InChI is InChI=1S/C22H31N3O2S.HI/c1-17(18-8-13-28-15-18)14-24-21(23-2)25-16-22(9-11-27-12-10-22)19-4-6-20(26-3)7-5-19;/h4-8,13,15,17H,9-12,14,16H2,1-3H3,(H2,23,24,25);1H. The number of methoxy groups -OCH3 is 1. The molecule has 1 aromatic carbocycles. The quantitative estimate of drug-likeness (QED) is 0.318. The summed E-state index contributed by atoms with van der Waals surface area (Å²) in [5, 5.41) is 11.4. The van der Waals surface area contributed by atoms with E-state index in [1.807, 2.05) is 19.2 Å². The van der Waals surface area contributed by atoms with Gasteiger partial charge >= 0.3 is 0 Å². The predicted octanol–water partition coefficient (Wildman–Crippen LogP) is 4.39. The maximum atomic E-state index is 5.65. The lowest BCUT2D eigenvalue weighted by Crippen LogP contribution is -2.48. The van der Waals surface area contributed by atoms with Crippen molar-refractivity contribution in [2.24, 2.45) is 4.99 Å². The van der Waals surface area contributed by atoms with Crippen molar-refractivity contribution >= 4 is 41.3 Å². The van der Waals surface area contributed by atoms with Crippen molar-refractivity contribution in [2.75, 3.05) is 40.5 Å². The number of ether oxygens (including phenoxy) is 2. The van der Waals surface area contributed by atoms with Gasteiger partial charge in [0.1, 0.15) is 5.75 Å². The highest BCUT2D eigenvalue weighted by molar-refractivity contribution is 14.0. The van der Waals surface area contributed by atoms with Crippen LogP contribution in [0.5, 0.6) is 5.75 Å². The van der Waals surface area contributed by atoms with Gasteiger partial charge in [-0.2, -0.15) is 11.3 Å². The second-order valence-corrected chi connectivity index (χ2v) is 8.17. The number of guanidine groups is 1. The number of hydrogen-bond acceptors (Lipinski definition) is 4. The molecule has 2 N–H and O–H groups in total. The Hall–Kier alpha value is -1.32. The summed E-state index contributed by atoms with van der Waals surface area (Å²) in [5.41, 5.74) is 2.74. The summed E-state index contributed by atoms with van der Waals surface area (Å²) in [7, 11) is 3.53. The molecule has 1 aliphatic heterocycles. The second kappa shape index (κ2) is 11.8. The number of aliphatic imine (C=N–C) groups is 1. The SMILES string of the molecule is CN=C(NCC(C)c1ccsc1)NCC1(c2ccc(OC)cc2)CCOCC1.I. The van der Waals surface area contributed by atoms with E-state index in [1.54, 1.807) is 18.4 Å². The zero-order valence-corrected chi connectivity index (χ0v) is 20.6. The molecule has 1 atom stereocenters. The molecule has 0 amide bonds. The molecule has 5 nitrogen and oxygen atoms in total. The van der Waals surface area contributed by atoms with Crippen molar-refractivity contribution in [1.82, 2.24) is 10.6 Å². The summed E-state index contributed by atoms with van der Waals surface area (Å²) in [4.78, 5) is 4.42. The Morgan fingerprint density at radius 1 is 1.21 bits per heavy atom. The lowest BCUT2D eigenvalue weighted by molar-refractivity contribution is 0.0513. The zero-order chi connectivity index (χ0) is 19.8. The van der Waals surface area contributed by atoms with E-state index in [9.17, 15) is 0 Å². The highest BCUT2D eigenvalue weighted by Crippen LogP contribution is 2.35. The summed E-state index contributed by atoms with van der Waals surface area (Å²) >= 11 is 1.74. The molecule has 3 rings (SSSR count). The number of hydrogen-bond donors (Lipinski definition) is 2. The van der Waals surface area contributed by atoms with E-state index in [0.717, 1.165) is 50.9 Å². The molecular weight excluding hydrogens is 497 g/mol. The van der Waals surface area contributed by atoms with E-state index in [-0.39, 0.29) is 29.4 Å². The van der Waals surface area contributed by atoms with Crippen LogP contribution in [-0.4, -0.2) is 46.4 Å². The Labute approximate surface area is 195 Å². The van der Waals surface area contributed by atoms with Crippen LogP contribution >= 0.6 is 35.3 Å². The third kappa shape index (κ3) is 6.33. The molecule has 0 radical (unpaired) electrons. The molecule has 1 aromatic heterocycles. The van der Waals surface area contributed by atoms with Crippen molar-refractivity contribution in [3.05, 3.63) is 52.2 Å². The van der Waals surface area contributed by atoms with E-state index in [0.29, 0.717) is 5.92 Å². The molecule has 1 aliphatic rings. The van der Waals surface area contributed by atoms with E-state index in [4.69, 9.17) is 9.47 Å². The molecule has 0 saturated carbocycles. The predicted molar refractivity (Wildman–Crippen MR) is 132 cm³/mol. The van der Waals surface area contributed by atoms with Gasteiger partial charge in [-0.25, -0.2) is 0 Å². The summed E-state index contributed by atoms with van der Waals surface area (Å²) in [6.07, 6.45) is 1.99. The minimum atomic E-state index is 0. The van der Waals surface area contributed by atoms with Gasteiger partial charge in [0.25, 0.3) is 0 Å². The van der Waals surface area contributed by atoms with Crippen molar-refractivity contribution in [1.29, 1.82) is 0 Å². The molecule has 1 saturated heterocycles. The highest BCUT2D eigenvalue weighted by Gasteiger charge is 2.34. The van der Waals surface area contributed by atoms with Crippen molar-refractivity contribution in [3.8, 4) is 5.75 Å². The molecule has 2 heterocycles. The van der Waals surface area contributed by atoms with Crippen LogP contribution in [0.3, 0.4) is 0 Å². The fourth-order valence-electron chi connectivity index (χ4n) is 3.67. The van der Waals surface area contributed by atoms with Gasteiger partial charge < -0.3 is 20.1 Å². The van der Waals surface area contributed by atoms with Gasteiger partial charge in [0.05, 0.1) is 7.11 Å². The molecule has 29 heavy (non-hydrogen) atoms. The van der Waals surface area contributed by atoms with Crippen molar-refractivity contribution in [3.63, 3.8) is 0 Å². The van der Waals surface area contributed by atoms with Crippen molar-refractivity contribution < 1.29 is 9.47 Å². The molecule has 0 aliphatic carbocycles. The number of benzene rings is 1. The van der Waals surface area contributed by atoms with Crippen LogP contribution in [0.15, 0.2) is 46.1 Å². The Balaban J connectivity index is 0.00000300. The average Bonchev–Trinajstić information content (AvgIpc) is 3.29. The first-order chi connectivity index (χ1) is 13.7. The summed E-state index contributed by atoms with van der Waals surface area (Å²) in [6.45, 7) is 5.49. The number of thiophene rings is 1. The molecular formula is C22H32IN3O2S. The smallest absolute Gasteiger partial charge is 0.191 e. The van der Waals surface area contributed by atoms with Crippen LogP contribution in [0.25, 0.3) is 0 Å². The van der Waals surface area contributed by atoms with Gasteiger partial charge in [0, 0.05) is 38.8 Å². The summed E-state index contributed by atoms with van der Waals surface area (Å²) < 4.78 is 11.0. The van der Waals surface area contributed by atoms with Crippen LogP contribution in [0, 0.1) is 0 Å². The Morgan fingerprint density at radius 2 is 1.93 bits per heavy atom. The van der Waals surface area contributed by atoms with Crippen LogP contribution in [0.2, 0.25) is 0 Å². The zero-order valence-electron chi connectivity index (χ0n) is 17.4. The molecule has 0 spiro atoms. The fourth-order valence-corrected chi connectivity index (χ4v) is 4.45. The first-order valence-corrected chi connectivity index (χ1v) is 10.8. The van der Waals surface area contributed by atoms with Crippen LogP contribution in [0.1, 0.15) is 36.8 Å². The van der Waals surface area contributed by atoms with E-state index < -0.39 is 0 Å². The normalized spacial score (nSPS) is 17.1. The maximum Gasteiger partial charge on any atom is 0.191 e. The monoisotopic (exact) mass is 529 g/mol. The minimum absolute atomic E-state index is 0. The maximum absolute atomic E-state index is 5.65. The summed E-state index contributed by atoms with van der Waals surface area (Å²) in [6, 6.07) is 10.6. The largest absolute Gasteiger partial charge is 0.497 e.